The fraction of sp³-hybridized carbons (Fsp3) is 0.571. The first-order valence-corrected chi connectivity index (χ1v) is 7.42. The fourth-order valence-corrected chi connectivity index (χ4v) is 2.92. The van der Waals surface area contributed by atoms with E-state index >= 15 is 0 Å². The van der Waals surface area contributed by atoms with Gasteiger partial charge in [-0.2, -0.15) is 0 Å². The number of anilines is 1. The van der Waals surface area contributed by atoms with Gasteiger partial charge >= 0.3 is 5.97 Å². The molecule has 3 unspecified atom stereocenters. The van der Waals surface area contributed by atoms with Crippen molar-refractivity contribution in [2.24, 2.45) is 11.8 Å². The predicted octanol–water partition coefficient (Wildman–Crippen LogP) is 3.78. The van der Waals surface area contributed by atoms with Crippen LogP contribution in [0.25, 0.3) is 0 Å². The van der Waals surface area contributed by atoms with E-state index in [0.717, 1.165) is 18.8 Å². The van der Waals surface area contributed by atoms with Crippen molar-refractivity contribution in [3.05, 3.63) is 22.3 Å². The van der Waals surface area contributed by atoms with Gasteiger partial charge in [0.1, 0.15) is 11.4 Å². The number of hydrogen-bond acceptors (Lipinski definition) is 3. The smallest absolute Gasteiger partial charge is 0.339 e. The number of carbonyl (C=O) groups is 1. The third kappa shape index (κ3) is 3.47. The van der Waals surface area contributed by atoms with E-state index in [1.807, 2.05) is 0 Å². The van der Waals surface area contributed by atoms with Gasteiger partial charge in [-0.1, -0.05) is 13.8 Å². The summed E-state index contributed by atoms with van der Waals surface area (Å²) in [5, 5.41) is 12.5. The van der Waals surface area contributed by atoms with Gasteiger partial charge in [0.2, 0.25) is 0 Å². The number of carboxylic acid groups (broad SMARTS) is 1. The lowest BCUT2D eigenvalue weighted by atomic mass is 9.79. The van der Waals surface area contributed by atoms with E-state index in [1.54, 1.807) is 12.3 Å². The minimum absolute atomic E-state index is 0.223. The number of carboxylic acids is 1. The van der Waals surface area contributed by atoms with Crippen molar-refractivity contribution >= 4 is 27.7 Å². The molecule has 1 heterocycles. The molecule has 19 heavy (non-hydrogen) atoms. The van der Waals surface area contributed by atoms with Crippen LogP contribution in [0.2, 0.25) is 0 Å². The SMILES string of the molecule is CC1CCC(Nc2ncc(Br)cc2C(=O)O)CC1C. The first-order chi connectivity index (χ1) is 8.97. The predicted molar refractivity (Wildman–Crippen MR) is 78.5 cm³/mol. The van der Waals surface area contributed by atoms with Crippen LogP contribution in [0.4, 0.5) is 5.82 Å². The highest BCUT2D eigenvalue weighted by Gasteiger charge is 2.25. The van der Waals surface area contributed by atoms with E-state index in [-0.39, 0.29) is 5.56 Å². The van der Waals surface area contributed by atoms with Crippen LogP contribution in [-0.2, 0) is 0 Å². The minimum atomic E-state index is -0.950. The van der Waals surface area contributed by atoms with Crippen molar-refractivity contribution in [2.75, 3.05) is 5.32 Å². The first kappa shape index (κ1) is 14.3. The summed E-state index contributed by atoms with van der Waals surface area (Å²) < 4.78 is 0.682. The van der Waals surface area contributed by atoms with Gasteiger partial charge in [-0.15, -0.1) is 0 Å². The zero-order valence-corrected chi connectivity index (χ0v) is 12.8. The van der Waals surface area contributed by atoms with Gasteiger partial charge in [-0.25, -0.2) is 9.78 Å². The van der Waals surface area contributed by atoms with Gasteiger partial charge in [-0.05, 0) is 53.1 Å². The van der Waals surface area contributed by atoms with Crippen molar-refractivity contribution < 1.29 is 9.90 Å². The molecule has 104 valence electrons. The van der Waals surface area contributed by atoms with E-state index in [9.17, 15) is 9.90 Å². The molecule has 5 heteroatoms. The molecule has 0 aromatic carbocycles. The van der Waals surface area contributed by atoms with E-state index in [0.29, 0.717) is 22.3 Å². The van der Waals surface area contributed by atoms with Crippen LogP contribution >= 0.6 is 15.9 Å². The molecule has 0 amide bonds. The molecule has 1 aromatic heterocycles. The Morgan fingerprint density at radius 3 is 2.79 bits per heavy atom. The maximum absolute atomic E-state index is 11.2. The Kier molecular flexibility index (Phi) is 4.45. The lowest BCUT2D eigenvalue weighted by Gasteiger charge is -2.33. The highest BCUT2D eigenvalue weighted by atomic mass is 79.9. The Morgan fingerprint density at radius 2 is 2.16 bits per heavy atom. The second-order valence-electron chi connectivity index (χ2n) is 5.46. The normalized spacial score (nSPS) is 27.0. The average molecular weight is 327 g/mol. The highest BCUT2D eigenvalue weighted by molar-refractivity contribution is 9.10. The molecule has 3 atom stereocenters. The molecule has 1 aliphatic rings. The molecule has 2 N–H and O–H groups in total. The molecular formula is C14H19BrN2O2. The van der Waals surface area contributed by atoms with Gasteiger partial charge in [0.15, 0.2) is 0 Å². The summed E-state index contributed by atoms with van der Waals surface area (Å²) >= 11 is 3.25. The monoisotopic (exact) mass is 326 g/mol. The number of pyridine rings is 1. The largest absolute Gasteiger partial charge is 0.478 e. The summed E-state index contributed by atoms with van der Waals surface area (Å²) in [5.41, 5.74) is 0.223. The molecule has 1 saturated carbocycles. The summed E-state index contributed by atoms with van der Waals surface area (Å²) in [6.45, 7) is 4.53. The zero-order chi connectivity index (χ0) is 14.0. The maximum atomic E-state index is 11.2. The standard InChI is InChI=1S/C14H19BrN2O2/c1-8-3-4-11(5-9(8)2)17-13-12(14(18)19)6-10(15)7-16-13/h6-9,11H,3-5H2,1-2H3,(H,16,17)(H,18,19). The van der Waals surface area contributed by atoms with Gasteiger partial charge in [0.25, 0.3) is 0 Å². The molecule has 0 radical (unpaired) electrons. The summed E-state index contributed by atoms with van der Waals surface area (Å²) in [4.78, 5) is 15.4. The minimum Gasteiger partial charge on any atom is -0.478 e. The van der Waals surface area contributed by atoms with Crippen LogP contribution in [-0.4, -0.2) is 22.1 Å². The van der Waals surface area contributed by atoms with Gasteiger partial charge < -0.3 is 10.4 Å². The van der Waals surface area contributed by atoms with Crippen LogP contribution in [0, 0.1) is 11.8 Å². The number of halogens is 1. The Labute approximate surface area is 121 Å². The molecule has 0 spiro atoms. The summed E-state index contributed by atoms with van der Waals surface area (Å²) in [7, 11) is 0. The third-order valence-corrected chi connectivity index (χ3v) is 4.46. The first-order valence-electron chi connectivity index (χ1n) is 6.62. The molecule has 1 aliphatic carbocycles. The van der Waals surface area contributed by atoms with Crippen molar-refractivity contribution in [1.29, 1.82) is 0 Å². The number of hydrogen-bond donors (Lipinski definition) is 2. The number of nitrogens with one attached hydrogen (secondary N) is 1. The number of aromatic carboxylic acids is 1. The molecule has 4 nitrogen and oxygen atoms in total. The van der Waals surface area contributed by atoms with Gasteiger partial charge in [-0.3, -0.25) is 0 Å². The Bertz CT molecular complexity index is 479. The fourth-order valence-electron chi connectivity index (χ4n) is 2.59. The molecule has 2 rings (SSSR count). The lowest BCUT2D eigenvalue weighted by molar-refractivity contribution is 0.0697. The van der Waals surface area contributed by atoms with Crippen LogP contribution in [0.3, 0.4) is 0 Å². The third-order valence-electron chi connectivity index (χ3n) is 4.02. The number of rotatable bonds is 3. The summed E-state index contributed by atoms with van der Waals surface area (Å²) in [6.07, 6.45) is 4.95. The van der Waals surface area contributed by atoms with E-state index in [4.69, 9.17) is 0 Å². The second kappa shape index (κ2) is 5.90. The number of aromatic nitrogens is 1. The van der Waals surface area contributed by atoms with E-state index < -0.39 is 5.97 Å². The highest BCUT2D eigenvalue weighted by Crippen LogP contribution is 2.31. The van der Waals surface area contributed by atoms with Crippen LogP contribution < -0.4 is 5.32 Å². The van der Waals surface area contributed by atoms with E-state index in [2.05, 4.69) is 40.1 Å². The molecule has 1 fully saturated rings. The molecule has 0 bridgehead atoms. The van der Waals surface area contributed by atoms with Gasteiger partial charge in [0, 0.05) is 16.7 Å². The van der Waals surface area contributed by atoms with Crippen molar-refractivity contribution in [2.45, 2.75) is 39.2 Å². The lowest BCUT2D eigenvalue weighted by Crippen LogP contribution is -2.31. The van der Waals surface area contributed by atoms with Crippen LogP contribution in [0.1, 0.15) is 43.5 Å². The quantitative estimate of drug-likeness (QED) is 0.887. The number of nitrogens with zero attached hydrogens (tertiary/aromatic N) is 1. The van der Waals surface area contributed by atoms with Gasteiger partial charge in [0.05, 0.1) is 0 Å². The molecule has 0 saturated heterocycles. The van der Waals surface area contributed by atoms with E-state index in [1.165, 1.54) is 6.42 Å². The van der Waals surface area contributed by atoms with Crippen molar-refractivity contribution in [3.8, 4) is 0 Å². The Hall–Kier alpha value is -1.10. The molecule has 1 aromatic rings. The van der Waals surface area contributed by atoms with Crippen LogP contribution in [0.15, 0.2) is 16.7 Å². The Morgan fingerprint density at radius 1 is 1.42 bits per heavy atom. The van der Waals surface area contributed by atoms with Crippen LogP contribution in [0.5, 0.6) is 0 Å². The second-order valence-corrected chi connectivity index (χ2v) is 6.38. The molecule has 0 aliphatic heterocycles. The average Bonchev–Trinajstić information content (AvgIpc) is 2.36. The maximum Gasteiger partial charge on any atom is 0.339 e. The van der Waals surface area contributed by atoms with Crippen molar-refractivity contribution in [1.82, 2.24) is 4.98 Å². The summed E-state index contributed by atoms with van der Waals surface area (Å²) in [5.74, 6) is 0.931. The Balaban J connectivity index is 2.13. The zero-order valence-electron chi connectivity index (χ0n) is 11.2. The van der Waals surface area contributed by atoms with Crippen molar-refractivity contribution in [3.63, 3.8) is 0 Å². The topological polar surface area (TPSA) is 62.2 Å². The summed E-state index contributed by atoms with van der Waals surface area (Å²) in [6, 6.07) is 1.91. The molecular weight excluding hydrogens is 308 g/mol.